The topological polar surface area (TPSA) is 47.6 Å². The van der Waals surface area contributed by atoms with Crippen molar-refractivity contribution in [3.63, 3.8) is 0 Å². The molecule has 7 heteroatoms. The summed E-state index contributed by atoms with van der Waals surface area (Å²) in [5, 5.41) is 17.0. The second-order valence-corrected chi connectivity index (χ2v) is 3.36. The number of nitrogens with zero attached hydrogens (tertiary/aromatic N) is 2. The third-order valence-corrected chi connectivity index (χ3v) is 2.29. The van der Waals surface area contributed by atoms with Crippen LogP contribution in [0.25, 0.3) is 0 Å². The van der Waals surface area contributed by atoms with Crippen LogP contribution in [0.1, 0.15) is 24.3 Å². The van der Waals surface area contributed by atoms with Crippen molar-refractivity contribution in [1.29, 1.82) is 10.5 Å². The highest BCUT2D eigenvalue weighted by Crippen LogP contribution is 2.30. The Labute approximate surface area is 98.9 Å². The van der Waals surface area contributed by atoms with E-state index >= 15 is 0 Å². The molecule has 0 aromatic heterocycles. The van der Waals surface area contributed by atoms with Gasteiger partial charge >= 0.3 is 0 Å². The van der Waals surface area contributed by atoms with Gasteiger partial charge < -0.3 is 0 Å². The molecule has 1 aromatic rings. The minimum atomic E-state index is -2.27. The van der Waals surface area contributed by atoms with E-state index < -0.39 is 40.6 Å². The van der Waals surface area contributed by atoms with Crippen LogP contribution in [0, 0.1) is 51.7 Å². The number of halogens is 5. The van der Waals surface area contributed by atoms with Crippen molar-refractivity contribution in [2.45, 2.75) is 18.8 Å². The van der Waals surface area contributed by atoms with Crippen LogP contribution in [0.4, 0.5) is 22.0 Å². The molecule has 0 heterocycles. The zero-order valence-electron chi connectivity index (χ0n) is 8.78. The molecule has 1 atom stereocenters. The van der Waals surface area contributed by atoms with E-state index in [0.29, 0.717) is 0 Å². The molecule has 0 saturated heterocycles. The van der Waals surface area contributed by atoms with Gasteiger partial charge in [0.15, 0.2) is 23.3 Å². The molecule has 0 saturated carbocycles. The first kappa shape index (κ1) is 13.9. The van der Waals surface area contributed by atoms with E-state index in [9.17, 15) is 22.0 Å². The molecule has 94 valence electrons. The average Bonchev–Trinajstić information content (AvgIpc) is 2.38. The standard InChI is InChI=1S/C11H5F5N2/c12-7-6(5(4-18)2-1-3-17)8(13)10(15)11(16)9(7)14/h5H,1-2H2. The van der Waals surface area contributed by atoms with Gasteiger partial charge in [0, 0.05) is 12.0 Å². The number of hydrogen-bond acceptors (Lipinski definition) is 2. The minimum absolute atomic E-state index is 0.238. The Morgan fingerprint density at radius 1 is 0.833 bits per heavy atom. The summed E-state index contributed by atoms with van der Waals surface area (Å²) in [5.41, 5.74) is -1.19. The highest BCUT2D eigenvalue weighted by atomic mass is 19.2. The Balaban J connectivity index is 3.41. The highest BCUT2D eigenvalue weighted by molar-refractivity contribution is 5.31. The first-order chi connectivity index (χ1) is 8.45. The van der Waals surface area contributed by atoms with Crippen LogP contribution in [0.5, 0.6) is 0 Å². The van der Waals surface area contributed by atoms with Crippen LogP contribution in [0.3, 0.4) is 0 Å². The summed E-state index contributed by atoms with van der Waals surface area (Å²) < 4.78 is 65.2. The lowest BCUT2D eigenvalue weighted by Crippen LogP contribution is -2.10. The van der Waals surface area contributed by atoms with Gasteiger partial charge in [-0.05, 0) is 6.42 Å². The largest absolute Gasteiger partial charge is 0.203 e. The van der Waals surface area contributed by atoms with E-state index in [2.05, 4.69) is 0 Å². The van der Waals surface area contributed by atoms with E-state index in [4.69, 9.17) is 10.5 Å². The van der Waals surface area contributed by atoms with Gasteiger partial charge in [-0.3, -0.25) is 0 Å². The fourth-order valence-electron chi connectivity index (χ4n) is 1.41. The summed E-state index contributed by atoms with van der Waals surface area (Å²) in [6.07, 6.45) is -0.553. The Kier molecular flexibility index (Phi) is 4.22. The van der Waals surface area contributed by atoms with Gasteiger partial charge in [-0.2, -0.15) is 10.5 Å². The van der Waals surface area contributed by atoms with Gasteiger partial charge in [0.25, 0.3) is 0 Å². The van der Waals surface area contributed by atoms with Crippen LogP contribution in [-0.2, 0) is 0 Å². The fraction of sp³-hybridized carbons (Fsp3) is 0.273. The van der Waals surface area contributed by atoms with Crippen LogP contribution >= 0.6 is 0 Å². The van der Waals surface area contributed by atoms with Crippen LogP contribution in [-0.4, -0.2) is 0 Å². The number of benzene rings is 1. The molecule has 0 aliphatic carbocycles. The molecule has 0 fully saturated rings. The monoisotopic (exact) mass is 260 g/mol. The molecule has 1 unspecified atom stereocenters. The zero-order valence-corrected chi connectivity index (χ0v) is 8.78. The maximum absolute atomic E-state index is 13.3. The molecule has 0 spiro atoms. The van der Waals surface area contributed by atoms with Crippen LogP contribution < -0.4 is 0 Å². The van der Waals surface area contributed by atoms with E-state index in [-0.39, 0.29) is 12.8 Å². The maximum atomic E-state index is 13.3. The highest BCUT2D eigenvalue weighted by Gasteiger charge is 2.30. The van der Waals surface area contributed by atoms with Crippen molar-refractivity contribution < 1.29 is 22.0 Å². The lowest BCUT2D eigenvalue weighted by molar-refractivity contribution is 0.366. The molecular formula is C11H5F5N2. The number of nitriles is 2. The zero-order chi connectivity index (χ0) is 13.9. The Hall–Kier alpha value is -2.15. The molecule has 0 bridgehead atoms. The molecule has 1 aromatic carbocycles. The van der Waals surface area contributed by atoms with Crippen molar-refractivity contribution in [2.75, 3.05) is 0 Å². The first-order valence-electron chi connectivity index (χ1n) is 4.73. The van der Waals surface area contributed by atoms with Gasteiger partial charge in [0.2, 0.25) is 5.82 Å². The molecule has 0 N–H and O–H groups in total. The van der Waals surface area contributed by atoms with Gasteiger partial charge in [-0.1, -0.05) is 0 Å². The van der Waals surface area contributed by atoms with Gasteiger partial charge in [-0.25, -0.2) is 22.0 Å². The van der Waals surface area contributed by atoms with Crippen molar-refractivity contribution in [3.8, 4) is 12.1 Å². The summed E-state index contributed by atoms with van der Waals surface area (Å²) >= 11 is 0. The van der Waals surface area contributed by atoms with Gasteiger partial charge in [-0.15, -0.1) is 0 Å². The molecular weight excluding hydrogens is 255 g/mol. The molecule has 2 nitrogen and oxygen atoms in total. The number of hydrogen-bond donors (Lipinski definition) is 0. The maximum Gasteiger partial charge on any atom is 0.200 e. The quantitative estimate of drug-likeness (QED) is 0.475. The van der Waals surface area contributed by atoms with Crippen molar-refractivity contribution in [3.05, 3.63) is 34.6 Å². The second kappa shape index (κ2) is 5.46. The Morgan fingerprint density at radius 2 is 1.28 bits per heavy atom. The molecule has 1 rings (SSSR count). The van der Waals surface area contributed by atoms with Gasteiger partial charge in [0.1, 0.15) is 0 Å². The van der Waals surface area contributed by atoms with Crippen LogP contribution in [0.15, 0.2) is 0 Å². The summed E-state index contributed by atoms with van der Waals surface area (Å²) in [7, 11) is 0. The lowest BCUT2D eigenvalue weighted by atomic mass is 9.94. The summed E-state index contributed by atoms with van der Waals surface area (Å²) in [6, 6.07) is 3.05. The predicted octanol–water partition coefficient (Wildman–Crippen LogP) is 3.29. The normalized spacial score (nSPS) is 11.7. The van der Waals surface area contributed by atoms with Crippen molar-refractivity contribution in [2.24, 2.45) is 0 Å². The minimum Gasteiger partial charge on any atom is -0.203 e. The second-order valence-electron chi connectivity index (χ2n) is 3.36. The SMILES string of the molecule is N#CCCC(C#N)c1c(F)c(F)c(F)c(F)c1F. The smallest absolute Gasteiger partial charge is 0.200 e. The molecule has 0 amide bonds. The Morgan fingerprint density at radius 3 is 1.67 bits per heavy atom. The van der Waals surface area contributed by atoms with E-state index in [1.165, 1.54) is 6.07 Å². The molecule has 18 heavy (non-hydrogen) atoms. The summed E-state index contributed by atoms with van der Waals surface area (Å²) in [6.45, 7) is 0. The van der Waals surface area contributed by atoms with Crippen LogP contribution in [0.2, 0.25) is 0 Å². The fourth-order valence-corrected chi connectivity index (χ4v) is 1.41. The first-order valence-corrected chi connectivity index (χ1v) is 4.73. The molecule has 0 radical (unpaired) electrons. The molecule has 0 aliphatic heterocycles. The third kappa shape index (κ3) is 2.25. The van der Waals surface area contributed by atoms with Gasteiger partial charge in [0.05, 0.1) is 18.1 Å². The van der Waals surface area contributed by atoms with Crippen molar-refractivity contribution in [1.82, 2.24) is 0 Å². The summed E-state index contributed by atoms with van der Waals surface area (Å²) in [4.78, 5) is 0. The predicted molar refractivity (Wildman–Crippen MR) is 49.4 cm³/mol. The van der Waals surface area contributed by atoms with E-state index in [1.54, 1.807) is 6.07 Å². The lowest BCUT2D eigenvalue weighted by Gasteiger charge is -2.11. The number of rotatable bonds is 3. The summed E-state index contributed by atoms with van der Waals surface area (Å²) in [5.74, 6) is -12.1. The van der Waals surface area contributed by atoms with Crippen molar-refractivity contribution >= 4 is 0 Å². The van der Waals surface area contributed by atoms with E-state index in [0.717, 1.165) is 0 Å². The average molecular weight is 260 g/mol. The third-order valence-electron chi connectivity index (χ3n) is 2.29. The molecule has 0 aliphatic rings. The van der Waals surface area contributed by atoms with E-state index in [1.807, 2.05) is 0 Å². The Bertz CT molecular complexity index is 527.